The van der Waals surface area contributed by atoms with E-state index >= 15 is 0 Å². The summed E-state index contributed by atoms with van der Waals surface area (Å²) in [5.41, 5.74) is 0.903. The number of amides is 1. The molecular formula is C15H16N2O3S. The van der Waals surface area contributed by atoms with Crippen molar-refractivity contribution in [3.63, 3.8) is 0 Å². The number of methoxy groups -OCH3 is 1. The van der Waals surface area contributed by atoms with Crippen molar-refractivity contribution in [2.75, 3.05) is 7.11 Å². The third-order valence-electron chi connectivity index (χ3n) is 2.87. The van der Waals surface area contributed by atoms with Gasteiger partial charge >= 0.3 is 0 Å². The molecule has 0 aliphatic heterocycles. The van der Waals surface area contributed by atoms with Crippen LogP contribution in [0.15, 0.2) is 35.8 Å². The summed E-state index contributed by atoms with van der Waals surface area (Å²) in [5.74, 6) is 0.371. The first-order valence-corrected chi connectivity index (χ1v) is 7.39. The van der Waals surface area contributed by atoms with E-state index in [1.54, 1.807) is 31.5 Å². The maximum Gasteiger partial charge on any atom is 0.220 e. The SMILES string of the molecule is COc1cc(CNC(=O)CCC(=O)c2cccs2)ccn1. The highest BCUT2D eigenvalue weighted by Gasteiger charge is 2.10. The van der Waals surface area contributed by atoms with Crippen LogP contribution in [0.5, 0.6) is 5.88 Å². The summed E-state index contributed by atoms with van der Waals surface area (Å²) in [6.45, 7) is 0.394. The molecule has 0 atom stereocenters. The molecule has 110 valence electrons. The van der Waals surface area contributed by atoms with E-state index in [1.807, 2.05) is 11.4 Å². The molecule has 2 rings (SSSR count). The van der Waals surface area contributed by atoms with Crippen molar-refractivity contribution >= 4 is 23.0 Å². The Balaban J connectivity index is 1.75. The molecule has 0 bridgehead atoms. The van der Waals surface area contributed by atoms with Crippen molar-refractivity contribution in [2.24, 2.45) is 0 Å². The topological polar surface area (TPSA) is 68.3 Å². The molecule has 2 aromatic rings. The fourth-order valence-electron chi connectivity index (χ4n) is 1.75. The number of pyridine rings is 1. The number of hydrogen-bond donors (Lipinski definition) is 1. The minimum atomic E-state index is -0.143. The summed E-state index contributed by atoms with van der Waals surface area (Å²) in [7, 11) is 1.54. The fourth-order valence-corrected chi connectivity index (χ4v) is 2.44. The number of carbonyl (C=O) groups excluding carboxylic acids is 2. The van der Waals surface area contributed by atoms with Gasteiger partial charge in [0.25, 0.3) is 0 Å². The lowest BCUT2D eigenvalue weighted by Gasteiger charge is -2.06. The van der Waals surface area contributed by atoms with Gasteiger partial charge < -0.3 is 10.1 Å². The van der Waals surface area contributed by atoms with Crippen LogP contribution in [0, 0.1) is 0 Å². The molecule has 5 nitrogen and oxygen atoms in total. The molecule has 0 saturated carbocycles. The third-order valence-corrected chi connectivity index (χ3v) is 3.78. The summed E-state index contributed by atoms with van der Waals surface area (Å²) in [4.78, 5) is 28.2. The number of nitrogens with zero attached hydrogens (tertiary/aromatic N) is 1. The molecule has 0 saturated heterocycles. The van der Waals surface area contributed by atoms with Gasteiger partial charge in [-0.2, -0.15) is 0 Å². The molecule has 2 heterocycles. The van der Waals surface area contributed by atoms with E-state index in [-0.39, 0.29) is 24.5 Å². The van der Waals surface area contributed by atoms with E-state index in [0.717, 1.165) is 5.56 Å². The van der Waals surface area contributed by atoms with Crippen LogP contribution in [-0.4, -0.2) is 23.8 Å². The van der Waals surface area contributed by atoms with Crippen LogP contribution in [0.4, 0.5) is 0 Å². The molecule has 21 heavy (non-hydrogen) atoms. The Morgan fingerprint density at radius 2 is 2.19 bits per heavy atom. The monoisotopic (exact) mass is 304 g/mol. The van der Waals surface area contributed by atoms with E-state index in [1.165, 1.54) is 11.3 Å². The molecule has 1 amide bonds. The number of ketones is 1. The van der Waals surface area contributed by atoms with E-state index in [0.29, 0.717) is 17.3 Å². The summed E-state index contributed by atoms with van der Waals surface area (Å²) >= 11 is 1.39. The molecule has 0 aliphatic rings. The zero-order valence-electron chi connectivity index (χ0n) is 11.7. The molecule has 2 aromatic heterocycles. The lowest BCUT2D eigenvalue weighted by Crippen LogP contribution is -2.23. The van der Waals surface area contributed by atoms with Crippen LogP contribution < -0.4 is 10.1 Å². The molecule has 1 N–H and O–H groups in total. The van der Waals surface area contributed by atoms with Crippen molar-refractivity contribution in [1.29, 1.82) is 0 Å². The van der Waals surface area contributed by atoms with Crippen molar-refractivity contribution in [2.45, 2.75) is 19.4 Å². The second-order valence-electron chi connectivity index (χ2n) is 4.38. The predicted molar refractivity (Wildman–Crippen MR) is 80.5 cm³/mol. The second kappa shape index (κ2) is 7.54. The van der Waals surface area contributed by atoms with Crippen LogP contribution >= 0.6 is 11.3 Å². The standard InChI is InChI=1S/C15H16N2O3S/c1-20-15-9-11(6-7-16-15)10-17-14(19)5-4-12(18)13-3-2-8-21-13/h2-3,6-9H,4-5,10H2,1H3,(H,17,19). The quantitative estimate of drug-likeness (QED) is 0.798. The summed E-state index contributed by atoms with van der Waals surface area (Å²) < 4.78 is 5.01. The van der Waals surface area contributed by atoms with E-state index in [9.17, 15) is 9.59 Å². The average molecular weight is 304 g/mol. The molecule has 0 spiro atoms. The van der Waals surface area contributed by atoms with Crippen molar-refractivity contribution in [3.8, 4) is 5.88 Å². The largest absolute Gasteiger partial charge is 0.481 e. The number of thiophene rings is 1. The van der Waals surface area contributed by atoms with Crippen LogP contribution in [0.1, 0.15) is 28.1 Å². The normalized spacial score (nSPS) is 10.1. The Kier molecular flexibility index (Phi) is 5.45. The molecule has 0 aliphatic carbocycles. The Bertz CT molecular complexity index is 611. The van der Waals surface area contributed by atoms with Gasteiger partial charge in [0.2, 0.25) is 11.8 Å². The highest BCUT2D eigenvalue weighted by Crippen LogP contribution is 2.12. The van der Waals surface area contributed by atoms with Gasteiger partial charge in [0.15, 0.2) is 5.78 Å². The van der Waals surface area contributed by atoms with E-state index in [4.69, 9.17) is 4.74 Å². The van der Waals surface area contributed by atoms with Gasteiger partial charge in [0.1, 0.15) is 0 Å². The fraction of sp³-hybridized carbons (Fsp3) is 0.267. The summed E-state index contributed by atoms with van der Waals surface area (Å²) in [6, 6.07) is 7.17. The van der Waals surface area contributed by atoms with Crippen LogP contribution in [-0.2, 0) is 11.3 Å². The highest BCUT2D eigenvalue weighted by atomic mass is 32.1. The Labute approximate surface area is 127 Å². The number of Topliss-reactive ketones (excluding diaryl/α,β-unsaturated/α-hetero) is 1. The zero-order valence-corrected chi connectivity index (χ0v) is 12.5. The lowest BCUT2D eigenvalue weighted by atomic mass is 10.2. The molecule has 0 unspecified atom stereocenters. The smallest absolute Gasteiger partial charge is 0.220 e. The number of aromatic nitrogens is 1. The molecular weight excluding hydrogens is 288 g/mol. The van der Waals surface area contributed by atoms with Gasteiger partial charge in [-0.25, -0.2) is 4.98 Å². The van der Waals surface area contributed by atoms with E-state index in [2.05, 4.69) is 10.3 Å². The minimum Gasteiger partial charge on any atom is -0.481 e. The van der Waals surface area contributed by atoms with Crippen LogP contribution in [0.3, 0.4) is 0 Å². The highest BCUT2D eigenvalue weighted by molar-refractivity contribution is 7.12. The second-order valence-corrected chi connectivity index (χ2v) is 5.33. The maximum absolute atomic E-state index is 11.8. The first-order chi connectivity index (χ1) is 10.2. The Morgan fingerprint density at radius 3 is 2.90 bits per heavy atom. The van der Waals surface area contributed by atoms with E-state index < -0.39 is 0 Å². The van der Waals surface area contributed by atoms with Gasteiger partial charge in [0, 0.05) is 31.6 Å². The van der Waals surface area contributed by atoms with Gasteiger partial charge in [-0.15, -0.1) is 11.3 Å². The minimum absolute atomic E-state index is 0.00531. The summed E-state index contributed by atoms with van der Waals surface area (Å²) in [6.07, 6.45) is 2.05. The number of nitrogens with one attached hydrogen (secondary N) is 1. The Hall–Kier alpha value is -2.21. The first-order valence-electron chi connectivity index (χ1n) is 6.51. The van der Waals surface area contributed by atoms with Crippen molar-refractivity contribution < 1.29 is 14.3 Å². The van der Waals surface area contributed by atoms with Crippen molar-refractivity contribution in [1.82, 2.24) is 10.3 Å². The number of ether oxygens (including phenoxy) is 1. The molecule has 0 fully saturated rings. The molecule has 0 aromatic carbocycles. The Morgan fingerprint density at radius 1 is 1.33 bits per heavy atom. The van der Waals surface area contributed by atoms with Crippen LogP contribution in [0.2, 0.25) is 0 Å². The lowest BCUT2D eigenvalue weighted by molar-refractivity contribution is -0.121. The van der Waals surface area contributed by atoms with Gasteiger partial charge in [-0.3, -0.25) is 9.59 Å². The first kappa shape index (κ1) is 15.2. The van der Waals surface area contributed by atoms with Gasteiger partial charge in [0.05, 0.1) is 12.0 Å². The number of carbonyl (C=O) groups is 2. The summed E-state index contributed by atoms with van der Waals surface area (Å²) in [5, 5.41) is 4.63. The molecule has 0 radical (unpaired) electrons. The maximum atomic E-state index is 11.8. The number of hydrogen-bond acceptors (Lipinski definition) is 5. The van der Waals surface area contributed by atoms with Crippen LogP contribution in [0.25, 0.3) is 0 Å². The average Bonchev–Trinajstić information content (AvgIpc) is 3.05. The molecule has 6 heteroatoms. The van der Waals surface area contributed by atoms with Crippen molar-refractivity contribution in [3.05, 3.63) is 46.3 Å². The zero-order chi connectivity index (χ0) is 15.1. The van der Waals surface area contributed by atoms with Gasteiger partial charge in [-0.05, 0) is 23.1 Å². The number of rotatable bonds is 7. The predicted octanol–water partition coefficient (Wildman–Crippen LogP) is 2.43. The van der Waals surface area contributed by atoms with Gasteiger partial charge in [-0.1, -0.05) is 6.07 Å². The third kappa shape index (κ3) is 4.68.